The molecule has 0 fully saturated rings. The van der Waals surface area contributed by atoms with E-state index in [1.807, 2.05) is 0 Å². The molecule has 0 aromatic carbocycles. The van der Waals surface area contributed by atoms with Gasteiger partial charge in [0.1, 0.15) is 18.8 Å². The molecule has 14 heavy (non-hydrogen) atoms. The first-order valence-electron chi connectivity index (χ1n) is 4.28. The molecule has 1 atom stereocenters. The summed E-state index contributed by atoms with van der Waals surface area (Å²) < 4.78 is 12.3. The lowest BCUT2D eigenvalue weighted by molar-refractivity contribution is 0.460. The Balaban J connectivity index is 2.36. The highest BCUT2D eigenvalue weighted by Crippen LogP contribution is 2.16. The summed E-state index contributed by atoms with van der Waals surface area (Å²) in [4.78, 5) is 7.99. The highest BCUT2D eigenvalue weighted by molar-refractivity contribution is 5.85. The van der Waals surface area contributed by atoms with Crippen molar-refractivity contribution < 1.29 is 4.39 Å². The van der Waals surface area contributed by atoms with Crippen molar-refractivity contribution in [3.8, 4) is 0 Å². The minimum atomic E-state index is -0.441. The third kappa shape index (κ3) is 1.50. The number of hydrogen-bond acceptors (Lipinski definition) is 4. The summed E-state index contributed by atoms with van der Waals surface area (Å²) >= 11 is 0. The summed E-state index contributed by atoms with van der Waals surface area (Å²) in [6, 6.07) is -0.261. The van der Waals surface area contributed by atoms with Crippen molar-refractivity contribution in [2.24, 2.45) is 0 Å². The summed E-state index contributed by atoms with van der Waals surface area (Å²) in [5.74, 6) is 0.605. The number of hydrogen-bond donors (Lipinski definition) is 2. The smallest absolute Gasteiger partial charge is 0.160 e. The van der Waals surface area contributed by atoms with Gasteiger partial charge in [-0.25, -0.2) is 14.4 Å². The molecule has 2 heterocycles. The number of halogens is 1. The number of anilines is 1. The lowest BCUT2D eigenvalue weighted by atomic mass is 10.3. The summed E-state index contributed by atoms with van der Waals surface area (Å²) in [6.45, 7) is 1.30. The molecule has 2 N–H and O–H groups in total. The van der Waals surface area contributed by atoms with Gasteiger partial charge in [0.05, 0.1) is 17.6 Å². The standard InChI is InChI=1S/C8H10FN5/c1-5(2-9)13-7-6-3-12-14-8(6)11-4-10-7/h3-5H,2H2,1H3,(H2,10,11,12,13,14). The lowest BCUT2D eigenvalue weighted by Crippen LogP contribution is -2.18. The SMILES string of the molecule is CC(CF)Nc1ncnc2[nH]ncc12. The molecule has 6 heteroatoms. The lowest BCUT2D eigenvalue weighted by Gasteiger charge is -2.10. The zero-order valence-electron chi connectivity index (χ0n) is 7.66. The largest absolute Gasteiger partial charge is 0.364 e. The molecule has 0 spiro atoms. The quantitative estimate of drug-likeness (QED) is 0.770. The van der Waals surface area contributed by atoms with E-state index >= 15 is 0 Å². The highest BCUT2D eigenvalue weighted by Gasteiger charge is 2.07. The van der Waals surface area contributed by atoms with Crippen LogP contribution in [0.5, 0.6) is 0 Å². The maximum absolute atomic E-state index is 12.3. The molecule has 0 aliphatic carbocycles. The Morgan fingerprint density at radius 2 is 2.43 bits per heavy atom. The summed E-state index contributed by atoms with van der Waals surface area (Å²) in [5.41, 5.74) is 0.647. The van der Waals surface area contributed by atoms with Gasteiger partial charge in [-0.2, -0.15) is 5.10 Å². The number of nitrogens with one attached hydrogen (secondary N) is 2. The van der Waals surface area contributed by atoms with Gasteiger partial charge in [-0.1, -0.05) is 0 Å². The van der Waals surface area contributed by atoms with Crippen LogP contribution >= 0.6 is 0 Å². The van der Waals surface area contributed by atoms with E-state index in [1.165, 1.54) is 6.33 Å². The predicted octanol–water partition coefficient (Wildman–Crippen LogP) is 1.12. The average Bonchev–Trinajstić information content (AvgIpc) is 2.66. The van der Waals surface area contributed by atoms with Crippen molar-refractivity contribution in [2.45, 2.75) is 13.0 Å². The van der Waals surface area contributed by atoms with E-state index in [1.54, 1.807) is 13.1 Å². The molecule has 1 unspecified atom stereocenters. The Bertz CT molecular complexity index is 426. The van der Waals surface area contributed by atoms with Gasteiger partial charge >= 0.3 is 0 Å². The molecule has 0 saturated carbocycles. The first-order chi connectivity index (χ1) is 6.81. The summed E-state index contributed by atoms with van der Waals surface area (Å²) in [5, 5.41) is 10.3. The zero-order valence-corrected chi connectivity index (χ0v) is 7.66. The van der Waals surface area contributed by atoms with Crippen LogP contribution in [0.4, 0.5) is 10.2 Å². The molecule has 0 bridgehead atoms. The highest BCUT2D eigenvalue weighted by atomic mass is 19.1. The molecule has 0 aliphatic rings. The Labute approximate surface area is 79.8 Å². The molecule has 0 radical (unpaired) electrons. The van der Waals surface area contributed by atoms with Crippen LogP contribution in [-0.2, 0) is 0 Å². The summed E-state index contributed by atoms with van der Waals surface area (Å²) in [6.07, 6.45) is 3.02. The number of fused-ring (bicyclic) bond motifs is 1. The predicted molar refractivity (Wildman–Crippen MR) is 50.7 cm³/mol. The molecule has 2 aromatic rings. The average molecular weight is 195 g/mol. The number of aromatic amines is 1. The van der Waals surface area contributed by atoms with Crippen LogP contribution in [0.25, 0.3) is 11.0 Å². The normalized spacial score (nSPS) is 13.0. The zero-order chi connectivity index (χ0) is 9.97. The number of nitrogens with zero attached hydrogens (tertiary/aromatic N) is 3. The van der Waals surface area contributed by atoms with Gasteiger partial charge in [-0.15, -0.1) is 0 Å². The first kappa shape index (κ1) is 8.86. The van der Waals surface area contributed by atoms with Crippen molar-refractivity contribution >= 4 is 16.9 Å². The van der Waals surface area contributed by atoms with Gasteiger partial charge in [0, 0.05) is 0 Å². The monoisotopic (exact) mass is 195 g/mol. The van der Waals surface area contributed by atoms with Crippen molar-refractivity contribution in [3.05, 3.63) is 12.5 Å². The second-order valence-electron chi connectivity index (χ2n) is 3.05. The van der Waals surface area contributed by atoms with Crippen LogP contribution < -0.4 is 5.32 Å². The Hall–Kier alpha value is -1.72. The molecular formula is C8H10FN5. The second-order valence-corrected chi connectivity index (χ2v) is 3.05. The van der Waals surface area contributed by atoms with Gasteiger partial charge in [0.25, 0.3) is 0 Å². The van der Waals surface area contributed by atoms with Gasteiger partial charge in [-0.3, -0.25) is 5.10 Å². The van der Waals surface area contributed by atoms with E-state index in [9.17, 15) is 4.39 Å². The maximum Gasteiger partial charge on any atom is 0.160 e. The fourth-order valence-corrected chi connectivity index (χ4v) is 1.15. The summed E-state index contributed by atoms with van der Waals surface area (Å²) in [7, 11) is 0. The minimum absolute atomic E-state index is 0.261. The number of alkyl halides is 1. The van der Waals surface area contributed by atoms with E-state index in [-0.39, 0.29) is 6.04 Å². The van der Waals surface area contributed by atoms with Crippen LogP contribution in [0.3, 0.4) is 0 Å². The third-order valence-electron chi connectivity index (χ3n) is 1.86. The topological polar surface area (TPSA) is 66.5 Å². The third-order valence-corrected chi connectivity index (χ3v) is 1.86. The molecule has 2 aromatic heterocycles. The van der Waals surface area contributed by atoms with E-state index in [0.29, 0.717) is 11.5 Å². The molecule has 0 amide bonds. The van der Waals surface area contributed by atoms with Crippen LogP contribution in [0.1, 0.15) is 6.92 Å². The van der Waals surface area contributed by atoms with Gasteiger partial charge in [-0.05, 0) is 6.92 Å². The van der Waals surface area contributed by atoms with E-state index in [2.05, 4.69) is 25.5 Å². The maximum atomic E-state index is 12.3. The van der Waals surface area contributed by atoms with Crippen molar-refractivity contribution in [3.63, 3.8) is 0 Å². The van der Waals surface area contributed by atoms with E-state index in [0.717, 1.165) is 5.39 Å². The molecule has 74 valence electrons. The second kappa shape index (κ2) is 3.57. The minimum Gasteiger partial charge on any atom is -0.364 e. The fourth-order valence-electron chi connectivity index (χ4n) is 1.15. The van der Waals surface area contributed by atoms with Crippen LogP contribution in [-0.4, -0.2) is 32.9 Å². The van der Waals surface area contributed by atoms with Gasteiger partial charge in [0.2, 0.25) is 0 Å². The fraction of sp³-hybridized carbons (Fsp3) is 0.375. The van der Waals surface area contributed by atoms with Gasteiger partial charge < -0.3 is 5.32 Å². The van der Waals surface area contributed by atoms with Crippen molar-refractivity contribution in [2.75, 3.05) is 12.0 Å². The molecular weight excluding hydrogens is 185 g/mol. The number of rotatable bonds is 3. The van der Waals surface area contributed by atoms with Crippen LogP contribution in [0.15, 0.2) is 12.5 Å². The van der Waals surface area contributed by atoms with E-state index < -0.39 is 6.67 Å². The molecule has 0 saturated heterocycles. The van der Waals surface area contributed by atoms with Crippen LogP contribution in [0, 0.1) is 0 Å². The Kier molecular flexibility index (Phi) is 2.26. The first-order valence-corrected chi connectivity index (χ1v) is 4.28. The molecule has 2 rings (SSSR count). The van der Waals surface area contributed by atoms with Crippen LogP contribution in [0.2, 0.25) is 0 Å². The number of H-pyrrole nitrogens is 1. The number of aromatic nitrogens is 4. The van der Waals surface area contributed by atoms with E-state index in [4.69, 9.17) is 0 Å². The van der Waals surface area contributed by atoms with Crippen molar-refractivity contribution in [1.29, 1.82) is 0 Å². The molecule has 5 nitrogen and oxygen atoms in total. The Morgan fingerprint density at radius 3 is 3.21 bits per heavy atom. The van der Waals surface area contributed by atoms with Gasteiger partial charge in [0.15, 0.2) is 5.65 Å². The molecule has 0 aliphatic heterocycles. The van der Waals surface area contributed by atoms with Crippen molar-refractivity contribution in [1.82, 2.24) is 20.2 Å². The Morgan fingerprint density at radius 1 is 1.57 bits per heavy atom.